The molecule has 0 aliphatic rings. The molecule has 104 valence electrons. The Balaban J connectivity index is 3.09. The molecule has 0 saturated carbocycles. The molecule has 0 amide bonds. The first-order valence-corrected chi connectivity index (χ1v) is 5.85. The van der Waals surface area contributed by atoms with Crippen molar-refractivity contribution in [3.8, 4) is 0 Å². The van der Waals surface area contributed by atoms with E-state index in [1.54, 1.807) is 18.7 Å². The Kier molecular flexibility index (Phi) is 5.55. The molecular weight excluding hydrogens is 260 g/mol. The smallest absolute Gasteiger partial charge is 0.191 e. The maximum absolute atomic E-state index is 10.6. The lowest BCUT2D eigenvalue weighted by molar-refractivity contribution is -0.215. The first-order valence-electron chi connectivity index (χ1n) is 5.47. The minimum atomic E-state index is -1.41. The second kappa shape index (κ2) is 6.49. The fourth-order valence-electron chi connectivity index (χ4n) is 1.88. The third kappa shape index (κ3) is 3.02. The van der Waals surface area contributed by atoms with Crippen molar-refractivity contribution in [1.29, 1.82) is 0 Å². The molecule has 0 saturated heterocycles. The van der Waals surface area contributed by atoms with Gasteiger partial charge in [0.05, 0.1) is 30.1 Å². The van der Waals surface area contributed by atoms with Gasteiger partial charge in [0, 0.05) is 21.3 Å². The first kappa shape index (κ1) is 15.4. The summed E-state index contributed by atoms with van der Waals surface area (Å²) in [4.78, 5) is 0. The Morgan fingerprint density at radius 2 is 2.06 bits per heavy atom. The van der Waals surface area contributed by atoms with Crippen LogP contribution in [0.2, 0.25) is 5.02 Å². The van der Waals surface area contributed by atoms with Crippen molar-refractivity contribution >= 4 is 11.6 Å². The average Bonchev–Trinajstić information content (AvgIpc) is 2.69. The third-order valence-corrected chi connectivity index (χ3v) is 2.95. The van der Waals surface area contributed by atoms with Crippen molar-refractivity contribution in [2.45, 2.75) is 25.4 Å². The summed E-state index contributed by atoms with van der Waals surface area (Å²) in [6, 6.07) is 0. The number of aromatic nitrogens is 2. The Morgan fingerprint density at radius 3 is 2.56 bits per heavy atom. The number of hydrogen-bond donors (Lipinski definition) is 1. The monoisotopic (exact) mass is 278 g/mol. The highest BCUT2D eigenvalue weighted by Gasteiger charge is 2.39. The van der Waals surface area contributed by atoms with E-state index in [0.29, 0.717) is 23.9 Å². The Hall–Kier alpha value is -0.660. The van der Waals surface area contributed by atoms with E-state index < -0.39 is 11.9 Å². The van der Waals surface area contributed by atoms with Crippen LogP contribution in [0.4, 0.5) is 0 Å². The zero-order valence-electron chi connectivity index (χ0n) is 11.0. The maximum atomic E-state index is 10.6. The van der Waals surface area contributed by atoms with E-state index in [9.17, 15) is 5.11 Å². The molecule has 1 aromatic rings. The summed E-state index contributed by atoms with van der Waals surface area (Å²) >= 11 is 6.07. The van der Waals surface area contributed by atoms with Crippen LogP contribution in [0.1, 0.15) is 12.6 Å². The normalized spacial score (nSPS) is 15.1. The van der Waals surface area contributed by atoms with Gasteiger partial charge < -0.3 is 19.3 Å². The second-order valence-electron chi connectivity index (χ2n) is 4.01. The van der Waals surface area contributed by atoms with Gasteiger partial charge in [0.15, 0.2) is 11.9 Å². The molecule has 1 atom stereocenters. The second-order valence-corrected chi connectivity index (χ2v) is 4.42. The summed E-state index contributed by atoms with van der Waals surface area (Å²) in [5.74, 6) is 0. The molecule has 0 aliphatic carbocycles. The highest BCUT2D eigenvalue weighted by molar-refractivity contribution is 6.31. The molecule has 1 N–H and O–H groups in total. The van der Waals surface area contributed by atoms with Gasteiger partial charge in [-0.2, -0.15) is 5.10 Å². The third-order valence-electron chi connectivity index (χ3n) is 2.67. The van der Waals surface area contributed by atoms with Crippen LogP contribution in [0, 0.1) is 0 Å². The topological polar surface area (TPSA) is 65.7 Å². The van der Waals surface area contributed by atoms with Crippen molar-refractivity contribution in [3.05, 3.63) is 16.9 Å². The number of nitrogens with zero attached hydrogens (tertiary/aromatic N) is 2. The van der Waals surface area contributed by atoms with Crippen LogP contribution in [0.25, 0.3) is 0 Å². The summed E-state index contributed by atoms with van der Waals surface area (Å²) in [7, 11) is 4.49. The predicted octanol–water partition coefficient (Wildman–Crippen LogP) is 1.01. The first-order chi connectivity index (χ1) is 8.48. The highest BCUT2D eigenvalue weighted by Crippen LogP contribution is 2.32. The molecule has 0 aliphatic heterocycles. The summed E-state index contributed by atoms with van der Waals surface area (Å²) in [6.07, 6.45) is 0.636. The van der Waals surface area contributed by atoms with Crippen LogP contribution in [0.15, 0.2) is 6.20 Å². The van der Waals surface area contributed by atoms with Crippen LogP contribution >= 0.6 is 11.6 Å². The highest BCUT2D eigenvalue weighted by atomic mass is 35.5. The van der Waals surface area contributed by atoms with Gasteiger partial charge in [-0.3, -0.25) is 4.68 Å². The number of ether oxygens (including phenoxy) is 3. The minimum absolute atomic E-state index is 0.357. The molecule has 7 heteroatoms. The lowest BCUT2D eigenvalue weighted by Gasteiger charge is -2.31. The van der Waals surface area contributed by atoms with Crippen molar-refractivity contribution < 1.29 is 19.3 Å². The van der Waals surface area contributed by atoms with Crippen LogP contribution < -0.4 is 0 Å². The molecule has 0 bridgehead atoms. The van der Waals surface area contributed by atoms with Gasteiger partial charge >= 0.3 is 0 Å². The Labute approximate surface area is 111 Å². The van der Waals surface area contributed by atoms with Crippen molar-refractivity contribution in [1.82, 2.24) is 9.78 Å². The van der Waals surface area contributed by atoms with Gasteiger partial charge in [-0.15, -0.1) is 0 Å². The quantitative estimate of drug-likeness (QED) is 0.754. The van der Waals surface area contributed by atoms with E-state index in [-0.39, 0.29) is 0 Å². The number of hydrogen-bond acceptors (Lipinski definition) is 5. The summed E-state index contributed by atoms with van der Waals surface area (Å²) < 4.78 is 16.8. The van der Waals surface area contributed by atoms with Gasteiger partial charge in [0.2, 0.25) is 0 Å². The fourth-order valence-corrected chi connectivity index (χ4v) is 2.21. The molecule has 18 heavy (non-hydrogen) atoms. The van der Waals surface area contributed by atoms with Gasteiger partial charge in [-0.05, 0) is 6.92 Å². The number of halogens is 1. The summed E-state index contributed by atoms with van der Waals surface area (Å²) in [6.45, 7) is 2.51. The van der Waals surface area contributed by atoms with E-state index >= 15 is 0 Å². The summed E-state index contributed by atoms with van der Waals surface area (Å²) in [5, 5.41) is 15.0. The van der Waals surface area contributed by atoms with E-state index in [4.69, 9.17) is 25.8 Å². The fraction of sp³-hybridized carbons (Fsp3) is 0.727. The van der Waals surface area contributed by atoms with Crippen LogP contribution in [0.3, 0.4) is 0 Å². The molecule has 0 radical (unpaired) electrons. The van der Waals surface area contributed by atoms with E-state index in [0.717, 1.165) is 0 Å². The van der Waals surface area contributed by atoms with E-state index in [2.05, 4.69) is 5.10 Å². The lowest BCUT2D eigenvalue weighted by atomic mass is 10.0. The molecule has 1 rings (SSSR count). The van der Waals surface area contributed by atoms with Crippen molar-refractivity contribution in [2.75, 3.05) is 27.9 Å². The molecule has 1 heterocycles. The van der Waals surface area contributed by atoms with Crippen LogP contribution in [0.5, 0.6) is 0 Å². The zero-order chi connectivity index (χ0) is 13.8. The van der Waals surface area contributed by atoms with Crippen molar-refractivity contribution in [2.24, 2.45) is 0 Å². The predicted molar refractivity (Wildman–Crippen MR) is 66.5 cm³/mol. The molecule has 1 aromatic heterocycles. The van der Waals surface area contributed by atoms with Gasteiger partial charge in [-0.1, -0.05) is 11.6 Å². The largest absolute Gasteiger partial charge is 0.383 e. The number of methoxy groups -OCH3 is 3. The number of aliphatic hydroxyl groups is 1. The van der Waals surface area contributed by atoms with E-state index in [1.165, 1.54) is 20.4 Å². The SMILES string of the molecule is COCCn1ncc(Cl)c1C(C)(O)C(OC)OC. The maximum Gasteiger partial charge on any atom is 0.191 e. The molecule has 6 nitrogen and oxygen atoms in total. The molecule has 0 spiro atoms. The minimum Gasteiger partial charge on any atom is -0.383 e. The molecule has 0 fully saturated rings. The van der Waals surface area contributed by atoms with Gasteiger partial charge in [-0.25, -0.2) is 0 Å². The van der Waals surface area contributed by atoms with Crippen LogP contribution in [-0.4, -0.2) is 49.1 Å². The standard InChI is InChI=1S/C11H19ClN2O4/c1-11(15,10(17-3)18-4)9-8(12)7-13-14(9)5-6-16-2/h7,10,15H,5-6H2,1-4H3. The summed E-state index contributed by atoms with van der Waals surface area (Å²) in [5.41, 5.74) is -0.972. The van der Waals surface area contributed by atoms with Gasteiger partial charge in [0.25, 0.3) is 0 Å². The Morgan fingerprint density at radius 1 is 1.44 bits per heavy atom. The zero-order valence-corrected chi connectivity index (χ0v) is 11.8. The molecule has 1 unspecified atom stereocenters. The van der Waals surface area contributed by atoms with Crippen molar-refractivity contribution in [3.63, 3.8) is 0 Å². The Bertz CT molecular complexity index is 377. The van der Waals surface area contributed by atoms with Gasteiger partial charge in [0.1, 0.15) is 0 Å². The number of rotatable bonds is 7. The lowest BCUT2D eigenvalue weighted by Crippen LogP contribution is -2.41. The molecule has 0 aromatic carbocycles. The molecular formula is C11H19ClN2O4. The van der Waals surface area contributed by atoms with Crippen LogP contribution in [-0.2, 0) is 26.4 Å². The van der Waals surface area contributed by atoms with E-state index in [1.807, 2.05) is 0 Å². The average molecular weight is 279 g/mol.